The van der Waals surface area contributed by atoms with Crippen LogP contribution in [0.5, 0.6) is 0 Å². The molecule has 3 aromatic rings. The van der Waals surface area contributed by atoms with E-state index >= 15 is 0 Å². The lowest BCUT2D eigenvalue weighted by molar-refractivity contribution is -0.136. The van der Waals surface area contributed by atoms with Crippen LogP contribution in [-0.4, -0.2) is 20.5 Å². The number of halogens is 1. The van der Waals surface area contributed by atoms with E-state index in [4.69, 9.17) is 5.11 Å². The molecular weight excluding hydrogens is 340 g/mol. The van der Waals surface area contributed by atoms with Crippen molar-refractivity contribution in [3.8, 4) is 11.3 Å². The normalized spacial score (nSPS) is 11.1. The zero-order valence-corrected chi connectivity index (χ0v) is 13.0. The molecule has 0 aliphatic carbocycles. The van der Waals surface area contributed by atoms with Crippen LogP contribution in [0.2, 0.25) is 0 Å². The molecule has 0 fully saturated rings. The Hall–Kier alpha value is -1.66. The maximum atomic E-state index is 10.7. The number of nitrogens with zero attached hydrogens (tertiary/aromatic N) is 2. The monoisotopic (exact) mass is 350 g/mol. The molecule has 1 aromatic carbocycles. The first-order valence-corrected chi connectivity index (χ1v) is 7.59. The minimum atomic E-state index is -0.823. The van der Waals surface area contributed by atoms with Crippen LogP contribution in [0.4, 0.5) is 0 Å². The second-order valence-corrected chi connectivity index (χ2v) is 6.52. The fraction of sp³-hybridized carbons (Fsp3) is 0.143. The van der Waals surface area contributed by atoms with E-state index < -0.39 is 5.97 Å². The number of benzene rings is 1. The van der Waals surface area contributed by atoms with Crippen molar-refractivity contribution in [1.82, 2.24) is 9.38 Å². The van der Waals surface area contributed by atoms with Gasteiger partial charge in [0.05, 0.1) is 12.1 Å². The van der Waals surface area contributed by atoms with Crippen molar-refractivity contribution in [3.05, 3.63) is 45.5 Å². The van der Waals surface area contributed by atoms with Gasteiger partial charge in [-0.05, 0) is 19.1 Å². The summed E-state index contributed by atoms with van der Waals surface area (Å²) < 4.78 is 2.88. The van der Waals surface area contributed by atoms with Crippen molar-refractivity contribution in [2.24, 2.45) is 0 Å². The van der Waals surface area contributed by atoms with Crippen molar-refractivity contribution in [1.29, 1.82) is 0 Å². The van der Waals surface area contributed by atoms with Crippen molar-refractivity contribution in [2.75, 3.05) is 0 Å². The van der Waals surface area contributed by atoms with Gasteiger partial charge in [-0.1, -0.05) is 27.6 Å². The molecule has 2 aromatic heterocycles. The van der Waals surface area contributed by atoms with Gasteiger partial charge in [-0.3, -0.25) is 9.20 Å². The molecule has 102 valence electrons. The minimum absolute atomic E-state index is 0.0392. The van der Waals surface area contributed by atoms with E-state index in [1.807, 2.05) is 35.9 Å². The molecule has 4 nitrogen and oxygen atoms in total. The Labute approximate surface area is 127 Å². The van der Waals surface area contributed by atoms with Gasteiger partial charge in [0, 0.05) is 27.3 Å². The van der Waals surface area contributed by atoms with Gasteiger partial charge in [-0.2, -0.15) is 0 Å². The van der Waals surface area contributed by atoms with Crippen molar-refractivity contribution >= 4 is 38.2 Å². The summed E-state index contributed by atoms with van der Waals surface area (Å²) in [6, 6.07) is 6.12. The first-order chi connectivity index (χ1) is 9.52. The van der Waals surface area contributed by atoms with Gasteiger partial charge < -0.3 is 5.11 Å². The number of aromatic nitrogens is 2. The molecule has 0 unspecified atom stereocenters. The van der Waals surface area contributed by atoms with Crippen molar-refractivity contribution in [3.63, 3.8) is 0 Å². The molecule has 2 heterocycles. The van der Waals surface area contributed by atoms with E-state index in [0.29, 0.717) is 0 Å². The molecule has 0 bridgehead atoms. The number of hydrogen-bond donors (Lipinski definition) is 1. The molecule has 0 saturated carbocycles. The van der Waals surface area contributed by atoms with Crippen LogP contribution in [0, 0.1) is 6.92 Å². The molecule has 0 aliphatic heterocycles. The lowest BCUT2D eigenvalue weighted by Gasteiger charge is -2.01. The highest BCUT2D eigenvalue weighted by Gasteiger charge is 2.12. The standard InChI is InChI=1S/C14H11BrN2O2S/c1-8-2-3-11(15)10(4-8)12-7-17-6-9(5-13(18)19)20-14(17)16-12/h2-4,6-7H,5H2,1H3,(H,18,19). The van der Waals surface area contributed by atoms with Gasteiger partial charge in [-0.15, -0.1) is 11.3 Å². The number of carboxylic acid groups (broad SMARTS) is 1. The molecule has 0 amide bonds. The topological polar surface area (TPSA) is 54.6 Å². The van der Waals surface area contributed by atoms with Crippen LogP contribution >= 0.6 is 27.3 Å². The highest BCUT2D eigenvalue weighted by molar-refractivity contribution is 9.10. The molecule has 20 heavy (non-hydrogen) atoms. The van der Waals surface area contributed by atoms with Gasteiger partial charge in [0.1, 0.15) is 0 Å². The minimum Gasteiger partial charge on any atom is -0.481 e. The van der Waals surface area contributed by atoms with Gasteiger partial charge >= 0.3 is 5.97 Å². The fourth-order valence-corrected chi connectivity index (χ4v) is 3.44. The largest absolute Gasteiger partial charge is 0.481 e. The van der Waals surface area contributed by atoms with E-state index in [1.165, 1.54) is 16.9 Å². The molecule has 0 radical (unpaired) electrons. The number of aryl methyl sites for hydroxylation is 1. The Morgan fingerprint density at radius 3 is 2.95 bits per heavy atom. The second kappa shape index (κ2) is 5.03. The fourth-order valence-electron chi connectivity index (χ4n) is 2.04. The van der Waals surface area contributed by atoms with E-state index in [-0.39, 0.29) is 6.42 Å². The average molecular weight is 351 g/mol. The zero-order chi connectivity index (χ0) is 14.3. The predicted molar refractivity (Wildman–Crippen MR) is 82.3 cm³/mol. The average Bonchev–Trinajstić information content (AvgIpc) is 2.89. The molecule has 0 aliphatic rings. The zero-order valence-electron chi connectivity index (χ0n) is 10.6. The first kappa shape index (κ1) is 13.3. The third-order valence-electron chi connectivity index (χ3n) is 2.93. The summed E-state index contributed by atoms with van der Waals surface area (Å²) in [4.78, 5) is 16.9. The van der Waals surface area contributed by atoms with E-state index in [1.54, 1.807) is 0 Å². The quantitative estimate of drug-likeness (QED) is 0.782. The molecule has 0 saturated heterocycles. The summed E-state index contributed by atoms with van der Waals surface area (Å²) >= 11 is 4.94. The summed E-state index contributed by atoms with van der Waals surface area (Å²) in [6.45, 7) is 2.04. The van der Waals surface area contributed by atoms with E-state index in [0.717, 1.165) is 25.6 Å². The Bertz CT molecular complexity index is 775. The van der Waals surface area contributed by atoms with Gasteiger partial charge in [0.25, 0.3) is 0 Å². The first-order valence-electron chi connectivity index (χ1n) is 5.98. The third-order valence-corrected chi connectivity index (χ3v) is 4.62. The van der Waals surface area contributed by atoms with Crippen LogP contribution < -0.4 is 0 Å². The highest BCUT2D eigenvalue weighted by atomic mass is 79.9. The molecular formula is C14H11BrN2O2S. The summed E-state index contributed by atoms with van der Waals surface area (Å²) in [5, 5.41) is 8.80. The smallest absolute Gasteiger partial charge is 0.308 e. The SMILES string of the molecule is Cc1ccc(Br)c(-c2cn3cc(CC(=O)O)sc3n2)c1. The number of carboxylic acids is 1. The number of thiazole rings is 1. The summed E-state index contributed by atoms with van der Waals surface area (Å²) in [5.74, 6) is -0.823. The number of hydrogen-bond acceptors (Lipinski definition) is 3. The van der Waals surface area contributed by atoms with Gasteiger partial charge in [0.15, 0.2) is 4.96 Å². The third kappa shape index (κ3) is 2.48. The summed E-state index contributed by atoms with van der Waals surface area (Å²) in [6.07, 6.45) is 3.79. The molecule has 1 N–H and O–H groups in total. The van der Waals surface area contributed by atoms with E-state index in [2.05, 4.69) is 27.0 Å². The molecule has 0 spiro atoms. The van der Waals surface area contributed by atoms with Gasteiger partial charge in [0.2, 0.25) is 0 Å². The predicted octanol–water partition coefficient (Wildman–Crippen LogP) is 3.76. The molecule has 0 atom stereocenters. The van der Waals surface area contributed by atoms with E-state index in [9.17, 15) is 4.79 Å². The lowest BCUT2D eigenvalue weighted by atomic mass is 10.1. The van der Waals surface area contributed by atoms with Crippen LogP contribution in [0.3, 0.4) is 0 Å². The van der Waals surface area contributed by atoms with Gasteiger partial charge in [-0.25, -0.2) is 4.98 Å². The Balaban J connectivity index is 2.03. The van der Waals surface area contributed by atoms with Crippen LogP contribution in [0.1, 0.15) is 10.4 Å². The van der Waals surface area contributed by atoms with Crippen LogP contribution in [0.15, 0.2) is 35.1 Å². The number of imidazole rings is 1. The van der Waals surface area contributed by atoms with Crippen LogP contribution in [-0.2, 0) is 11.2 Å². The second-order valence-electron chi connectivity index (χ2n) is 4.57. The number of aliphatic carboxylic acids is 1. The van der Waals surface area contributed by atoms with Crippen LogP contribution in [0.25, 0.3) is 16.2 Å². The number of carbonyl (C=O) groups is 1. The maximum Gasteiger partial charge on any atom is 0.308 e. The Morgan fingerprint density at radius 1 is 1.45 bits per heavy atom. The summed E-state index contributed by atoms with van der Waals surface area (Å²) in [7, 11) is 0. The summed E-state index contributed by atoms with van der Waals surface area (Å²) in [5.41, 5.74) is 3.10. The molecule has 6 heteroatoms. The van der Waals surface area contributed by atoms with Crippen molar-refractivity contribution < 1.29 is 9.90 Å². The maximum absolute atomic E-state index is 10.7. The number of fused-ring (bicyclic) bond motifs is 1. The van der Waals surface area contributed by atoms with Crippen molar-refractivity contribution in [2.45, 2.75) is 13.3 Å². The Kier molecular flexibility index (Phi) is 3.35. The lowest BCUT2D eigenvalue weighted by Crippen LogP contribution is -1.97. The highest BCUT2D eigenvalue weighted by Crippen LogP contribution is 2.30. The number of rotatable bonds is 3. The molecule has 3 rings (SSSR count). The Morgan fingerprint density at radius 2 is 2.25 bits per heavy atom.